The van der Waals surface area contributed by atoms with E-state index in [1.54, 1.807) is 0 Å². The van der Waals surface area contributed by atoms with Crippen LogP contribution < -0.4 is 17.1 Å². The van der Waals surface area contributed by atoms with Crippen LogP contribution in [-0.2, 0) is 0 Å². The van der Waals surface area contributed by atoms with Gasteiger partial charge in [0.1, 0.15) is 5.82 Å². The highest BCUT2D eigenvalue weighted by atomic mass is 16.2. The van der Waals surface area contributed by atoms with E-state index in [-0.39, 0.29) is 11.4 Å². The lowest BCUT2D eigenvalue weighted by Crippen LogP contribution is -2.30. The topological polar surface area (TPSA) is 102 Å². The van der Waals surface area contributed by atoms with Gasteiger partial charge in [-0.25, -0.2) is 9.36 Å². The molecule has 1 amide bonds. The lowest BCUT2D eigenvalue weighted by molar-refractivity contribution is 0.249. The van der Waals surface area contributed by atoms with Gasteiger partial charge in [-0.05, 0) is 0 Å². The van der Waals surface area contributed by atoms with Gasteiger partial charge in [-0.3, -0.25) is 0 Å². The molecular weight excluding hydrogens is 158 g/mol. The summed E-state index contributed by atoms with van der Waals surface area (Å²) in [5, 5.41) is 0. The van der Waals surface area contributed by atoms with Crippen LogP contribution >= 0.6 is 0 Å². The Labute approximate surface area is 68.2 Å². The molecule has 64 valence electrons. The molecule has 0 saturated heterocycles. The van der Waals surface area contributed by atoms with Crippen LogP contribution in [-0.4, -0.2) is 15.6 Å². The maximum Gasteiger partial charge on any atom is 0.325 e. The quantitative estimate of drug-likeness (QED) is 0.503. The number of carbonyl (C=O) groups excluding carboxylic acids is 1. The van der Waals surface area contributed by atoms with Crippen molar-refractivity contribution >= 4 is 6.03 Å². The van der Waals surface area contributed by atoms with E-state index < -0.39 is 6.03 Å². The first-order valence-corrected chi connectivity index (χ1v) is 3.16. The second-order valence-corrected chi connectivity index (χ2v) is 2.10. The van der Waals surface area contributed by atoms with Crippen LogP contribution in [0, 0.1) is 0 Å². The molecule has 0 aliphatic heterocycles. The predicted molar refractivity (Wildman–Crippen MR) is 42.7 cm³/mol. The van der Waals surface area contributed by atoms with Crippen molar-refractivity contribution in [2.45, 2.75) is 0 Å². The lowest BCUT2D eigenvalue weighted by atomic mass is 10.8. The number of hydrogen-bond donors (Lipinski definition) is 3. The summed E-state index contributed by atoms with van der Waals surface area (Å²) in [6.07, 6.45) is 2.97. The fourth-order valence-corrected chi connectivity index (χ4v) is 0.726. The van der Waals surface area contributed by atoms with E-state index in [2.05, 4.69) is 16.6 Å². The van der Waals surface area contributed by atoms with Crippen molar-refractivity contribution in [1.29, 1.82) is 0 Å². The van der Waals surface area contributed by atoms with Crippen molar-refractivity contribution in [3.05, 3.63) is 30.4 Å². The average Bonchev–Trinajstić information content (AvgIpc) is 2.33. The number of nitrogens with one attached hydrogen (secondary N) is 1. The van der Waals surface area contributed by atoms with Crippen molar-refractivity contribution < 1.29 is 4.79 Å². The number of nitrogens with zero attached hydrogens (tertiary/aromatic N) is 2. The zero-order valence-electron chi connectivity index (χ0n) is 6.32. The molecule has 0 aliphatic rings. The summed E-state index contributed by atoms with van der Waals surface area (Å²) in [4.78, 5) is 17.1. The Morgan fingerprint density at radius 2 is 2.33 bits per heavy atom. The molecule has 6 nitrogen and oxygen atoms in total. The summed E-state index contributed by atoms with van der Waals surface area (Å²) >= 11 is 0. The number of carbonyl (C=O) groups is 1. The molecule has 0 aliphatic carbocycles. The number of aromatic amines is 1. The molecule has 0 unspecified atom stereocenters. The summed E-state index contributed by atoms with van der Waals surface area (Å²) in [5.41, 5.74) is 10.5. The molecule has 6 heteroatoms. The van der Waals surface area contributed by atoms with Gasteiger partial charge < -0.3 is 16.5 Å². The van der Waals surface area contributed by atoms with Gasteiger partial charge in [0.05, 0.1) is 0 Å². The van der Waals surface area contributed by atoms with Crippen molar-refractivity contribution in [3.63, 3.8) is 0 Å². The van der Waals surface area contributed by atoms with Crippen molar-refractivity contribution in [2.75, 3.05) is 0 Å². The van der Waals surface area contributed by atoms with E-state index in [0.717, 1.165) is 4.57 Å². The van der Waals surface area contributed by atoms with Gasteiger partial charge in [0.25, 0.3) is 0 Å². The Kier molecular flexibility index (Phi) is 2.00. The molecule has 1 aromatic rings. The molecule has 5 N–H and O–H groups in total. The molecule has 0 aromatic carbocycles. The predicted octanol–water partition coefficient (Wildman–Crippen LogP) is -0.926. The number of rotatable bonds is 1. The van der Waals surface area contributed by atoms with Crippen LogP contribution in [0.4, 0.5) is 4.79 Å². The highest BCUT2D eigenvalue weighted by molar-refractivity contribution is 5.74. The standard InChI is InChI=1S/C6H9N5O/c1-4(7)10-6-9-2-3-11(6)5(8)12/h2-3H,1,7H2,(H2,8,12)(H,9,10). The zero-order chi connectivity index (χ0) is 9.14. The maximum absolute atomic E-state index is 10.7. The molecule has 0 fully saturated rings. The first kappa shape index (κ1) is 8.12. The molecule has 0 saturated carbocycles. The number of imidazole rings is 1. The second-order valence-electron chi connectivity index (χ2n) is 2.10. The Balaban J connectivity index is 3.25. The summed E-state index contributed by atoms with van der Waals surface area (Å²) in [7, 11) is 0. The third kappa shape index (κ3) is 1.54. The Hall–Kier alpha value is -1.98. The van der Waals surface area contributed by atoms with Gasteiger partial charge in [-0.15, -0.1) is 0 Å². The van der Waals surface area contributed by atoms with Crippen LogP contribution in [0.2, 0.25) is 0 Å². The molecule has 1 aromatic heterocycles. The number of H-pyrrole nitrogens is 1. The van der Waals surface area contributed by atoms with Crippen LogP contribution in [0.25, 0.3) is 0 Å². The third-order valence-electron chi connectivity index (χ3n) is 1.15. The van der Waals surface area contributed by atoms with Crippen LogP contribution in [0.15, 0.2) is 29.8 Å². The van der Waals surface area contributed by atoms with E-state index in [1.807, 2.05) is 0 Å². The van der Waals surface area contributed by atoms with Crippen molar-refractivity contribution in [2.24, 2.45) is 16.5 Å². The maximum atomic E-state index is 10.7. The van der Waals surface area contributed by atoms with Gasteiger partial charge in [0, 0.05) is 12.4 Å². The third-order valence-corrected chi connectivity index (χ3v) is 1.15. The SMILES string of the molecule is C=C(N)/N=c1/[nH]ccn1C(N)=O. The summed E-state index contributed by atoms with van der Waals surface area (Å²) in [6.45, 7) is 3.36. The molecule has 0 radical (unpaired) electrons. The fraction of sp³-hybridized carbons (Fsp3) is 0. The van der Waals surface area contributed by atoms with E-state index in [4.69, 9.17) is 11.5 Å². The van der Waals surface area contributed by atoms with E-state index in [1.165, 1.54) is 12.4 Å². The molecule has 0 spiro atoms. The normalized spacial score (nSPS) is 11.5. The average molecular weight is 167 g/mol. The van der Waals surface area contributed by atoms with Gasteiger partial charge >= 0.3 is 6.03 Å². The summed E-state index contributed by atoms with van der Waals surface area (Å²) < 4.78 is 1.12. The summed E-state index contributed by atoms with van der Waals surface area (Å²) in [5.74, 6) is 0.104. The van der Waals surface area contributed by atoms with Crippen LogP contribution in [0.5, 0.6) is 0 Å². The molecule has 0 atom stereocenters. The van der Waals surface area contributed by atoms with Gasteiger partial charge in [0.2, 0.25) is 5.62 Å². The molecule has 1 rings (SSSR count). The van der Waals surface area contributed by atoms with Gasteiger partial charge in [-0.1, -0.05) is 6.58 Å². The highest BCUT2D eigenvalue weighted by Gasteiger charge is 1.98. The minimum absolute atomic E-state index is 0.104. The molecule has 12 heavy (non-hydrogen) atoms. The van der Waals surface area contributed by atoms with E-state index >= 15 is 0 Å². The molecule has 0 bridgehead atoms. The van der Waals surface area contributed by atoms with Crippen LogP contribution in [0.3, 0.4) is 0 Å². The Bertz CT molecular complexity index is 371. The van der Waals surface area contributed by atoms with Crippen molar-refractivity contribution in [1.82, 2.24) is 9.55 Å². The number of hydrogen-bond acceptors (Lipinski definition) is 3. The number of amides is 1. The lowest BCUT2D eigenvalue weighted by Gasteiger charge is -1.92. The Morgan fingerprint density at radius 1 is 1.67 bits per heavy atom. The first-order valence-electron chi connectivity index (χ1n) is 3.16. The largest absolute Gasteiger partial charge is 0.384 e. The van der Waals surface area contributed by atoms with E-state index in [0.29, 0.717) is 0 Å². The monoisotopic (exact) mass is 167 g/mol. The van der Waals surface area contributed by atoms with E-state index in [9.17, 15) is 4.79 Å². The van der Waals surface area contributed by atoms with Crippen LogP contribution in [0.1, 0.15) is 0 Å². The van der Waals surface area contributed by atoms with Crippen molar-refractivity contribution in [3.8, 4) is 0 Å². The fourth-order valence-electron chi connectivity index (χ4n) is 0.726. The van der Waals surface area contributed by atoms with Gasteiger partial charge in [0.15, 0.2) is 0 Å². The first-order chi connectivity index (χ1) is 5.61. The summed E-state index contributed by atoms with van der Waals surface area (Å²) in [6, 6.07) is -0.628. The smallest absolute Gasteiger partial charge is 0.325 e. The minimum atomic E-state index is -0.628. The number of nitrogens with two attached hydrogens (primary N) is 2. The number of primary amides is 1. The molecular formula is C6H9N5O. The minimum Gasteiger partial charge on any atom is -0.384 e. The highest BCUT2D eigenvalue weighted by Crippen LogP contribution is 1.79. The Morgan fingerprint density at radius 3 is 2.83 bits per heavy atom. The zero-order valence-corrected chi connectivity index (χ0v) is 6.32. The second kappa shape index (κ2) is 2.95. The number of aromatic nitrogens is 2. The van der Waals surface area contributed by atoms with Gasteiger partial charge in [-0.2, -0.15) is 4.99 Å². The molecule has 1 heterocycles.